The first-order valence-corrected chi connectivity index (χ1v) is 5.85. The number of ether oxygens (including phenoxy) is 1. The molecule has 3 N–H and O–H groups in total. The Labute approximate surface area is 105 Å². The monoisotopic (exact) mass is 263 g/mol. The van der Waals surface area contributed by atoms with Crippen LogP contribution in [0.5, 0.6) is 5.75 Å². The molecule has 1 aromatic carbocycles. The fourth-order valence-corrected chi connectivity index (χ4v) is 1.58. The van der Waals surface area contributed by atoms with E-state index in [0.717, 1.165) is 0 Å². The third-order valence-electron chi connectivity index (χ3n) is 2.12. The molecule has 0 aliphatic rings. The summed E-state index contributed by atoms with van der Waals surface area (Å²) in [5.74, 6) is 0.536. The van der Waals surface area contributed by atoms with Crippen molar-refractivity contribution in [3.8, 4) is 5.75 Å². The van der Waals surface area contributed by atoms with Crippen LogP contribution in [-0.2, 0) is 0 Å². The molecular weight excluding hydrogens is 249 g/mol. The van der Waals surface area contributed by atoms with E-state index in [2.05, 4.69) is 0 Å². The minimum Gasteiger partial charge on any atom is -0.492 e. The minimum absolute atomic E-state index is 0.390. The molecule has 5 heteroatoms. The van der Waals surface area contributed by atoms with E-state index in [4.69, 9.17) is 33.7 Å². The average Bonchev–Trinajstić information content (AvgIpc) is 2.25. The number of nitrogens with two attached hydrogens (primary N) is 1. The molecule has 0 aliphatic carbocycles. The molecule has 0 fully saturated rings. The summed E-state index contributed by atoms with van der Waals surface area (Å²) in [6.45, 7) is 0.861. The Bertz CT molecular complexity index is 334. The van der Waals surface area contributed by atoms with Crippen LogP contribution in [0.4, 0.5) is 0 Å². The van der Waals surface area contributed by atoms with E-state index in [0.29, 0.717) is 41.8 Å². The fourth-order valence-electron chi connectivity index (χ4n) is 1.24. The van der Waals surface area contributed by atoms with E-state index < -0.39 is 6.10 Å². The van der Waals surface area contributed by atoms with Crippen LogP contribution in [0, 0.1) is 0 Å². The lowest BCUT2D eigenvalue weighted by atomic mass is 10.2. The largest absolute Gasteiger partial charge is 0.492 e. The maximum atomic E-state index is 9.43. The Balaban J connectivity index is 2.40. The van der Waals surface area contributed by atoms with Crippen molar-refractivity contribution in [1.82, 2.24) is 0 Å². The summed E-state index contributed by atoms with van der Waals surface area (Å²) in [6.07, 6.45) is 0.676. The van der Waals surface area contributed by atoms with Crippen LogP contribution in [-0.4, -0.2) is 24.4 Å². The topological polar surface area (TPSA) is 55.5 Å². The minimum atomic E-state index is -0.428. The van der Waals surface area contributed by atoms with Crippen molar-refractivity contribution in [2.24, 2.45) is 5.73 Å². The Morgan fingerprint density at radius 1 is 1.31 bits per heavy atom. The zero-order valence-electron chi connectivity index (χ0n) is 8.83. The Morgan fingerprint density at radius 3 is 2.75 bits per heavy atom. The van der Waals surface area contributed by atoms with Gasteiger partial charge in [0.15, 0.2) is 0 Å². The first-order valence-electron chi connectivity index (χ1n) is 5.10. The van der Waals surface area contributed by atoms with Crippen molar-refractivity contribution < 1.29 is 9.84 Å². The third kappa shape index (κ3) is 4.18. The van der Waals surface area contributed by atoms with Gasteiger partial charge in [-0.2, -0.15) is 0 Å². The normalized spacial score (nSPS) is 12.5. The molecule has 0 heterocycles. The highest BCUT2D eigenvalue weighted by atomic mass is 35.5. The van der Waals surface area contributed by atoms with E-state index in [9.17, 15) is 5.11 Å². The summed E-state index contributed by atoms with van der Waals surface area (Å²) >= 11 is 11.8. The summed E-state index contributed by atoms with van der Waals surface area (Å²) in [6, 6.07) is 5.20. The number of benzene rings is 1. The predicted octanol–water partition coefficient (Wildman–Crippen LogP) is 2.47. The molecule has 0 spiro atoms. The zero-order chi connectivity index (χ0) is 12.0. The maximum Gasteiger partial charge on any atom is 0.139 e. The highest BCUT2D eigenvalue weighted by Crippen LogP contribution is 2.31. The van der Waals surface area contributed by atoms with Crippen LogP contribution < -0.4 is 10.5 Å². The van der Waals surface area contributed by atoms with E-state index in [1.54, 1.807) is 18.2 Å². The lowest BCUT2D eigenvalue weighted by Crippen LogP contribution is -2.16. The van der Waals surface area contributed by atoms with Gasteiger partial charge in [-0.25, -0.2) is 0 Å². The van der Waals surface area contributed by atoms with Gasteiger partial charge in [0.05, 0.1) is 17.7 Å². The molecule has 0 amide bonds. The number of rotatable bonds is 6. The molecule has 0 aliphatic heterocycles. The molecule has 0 saturated heterocycles. The number of hydrogen-bond donors (Lipinski definition) is 2. The van der Waals surface area contributed by atoms with Crippen molar-refractivity contribution in [2.45, 2.75) is 18.9 Å². The van der Waals surface area contributed by atoms with Gasteiger partial charge in [-0.3, -0.25) is 0 Å². The summed E-state index contributed by atoms with van der Waals surface area (Å²) in [5, 5.41) is 10.3. The SMILES string of the molecule is NCCC(O)CCOc1cccc(Cl)c1Cl. The van der Waals surface area contributed by atoms with Gasteiger partial charge in [0, 0.05) is 6.42 Å². The molecule has 3 nitrogen and oxygen atoms in total. The number of aliphatic hydroxyl groups excluding tert-OH is 1. The van der Waals surface area contributed by atoms with Crippen LogP contribution in [0.3, 0.4) is 0 Å². The van der Waals surface area contributed by atoms with Gasteiger partial charge in [0.25, 0.3) is 0 Å². The molecule has 0 aromatic heterocycles. The molecule has 0 bridgehead atoms. The number of aliphatic hydroxyl groups is 1. The van der Waals surface area contributed by atoms with Crippen LogP contribution in [0.15, 0.2) is 18.2 Å². The van der Waals surface area contributed by atoms with E-state index in [1.165, 1.54) is 0 Å². The van der Waals surface area contributed by atoms with Gasteiger partial charge >= 0.3 is 0 Å². The second-order valence-corrected chi connectivity index (χ2v) is 4.21. The molecule has 0 saturated carbocycles. The average molecular weight is 264 g/mol. The zero-order valence-corrected chi connectivity index (χ0v) is 10.3. The van der Waals surface area contributed by atoms with Crippen molar-refractivity contribution >= 4 is 23.2 Å². The molecule has 1 unspecified atom stereocenters. The maximum absolute atomic E-state index is 9.43. The highest BCUT2D eigenvalue weighted by molar-refractivity contribution is 6.42. The van der Waals surface area contributed by atoms with Gasteiger partial charge in [0.2, 0.25) is 0 Å². The summed E-state index contributed by atoms with van der Waals surface area (Å²) in [5.41, 5.74) is 5.32. The number of hydrogen-bond acceptors (Lipinski definition) is 3. The smallest absolute Gasteiger partial charge is 0.139 e. The van der Waals surface area contributed by atoms with Crippen molar-refractivity contribution in [1.29, 1.82) is 0 Å². The molecule has 16 heavy (non-hydrogen) atoms. The van der Waals surface area contributed by atoms with Crippen molar-refractivity contribution in [3.63, 3.8) is 0 Å². The predicted molar refractivity (Wildman–Crippen MR) is 66.3 cm³/mol. The van der Waals surface area contributed by atoms with Crippen LogP contribution in [0.25, 0.3) is 0 Å². The quantitative estimate of drug-likeness (QED) is 0.829. The van der Waals surface area contributed by atoms with Crippen molar-refractivity contribution in [3.05, 3.63) is 28.2 Å². The van der Waals surface area contributed by atoms with Crippen LogP contribution >= 0.6 is 23.2 Å². The van der Waals surface area contributed by atoms with Crippen LogP contribution in [0.1, 0.15) is 12.8 Å². The summed E-state index contributed by atoms with van der Waals surface area (Å²) in [4.78, 5) is 0. The second kappa shape index (κ2) is 6.97. The highest BCUT2D eigenvalue weighted by Gasteiger charge is 2.07. The summed E-state index contributed by atoms with van der Waals surface area (Å²) in [7, 11) is 0. The van der Waals surface area contributed by atoms with Gasteiger partial charge in [0.1, 0.15) is 10.8 Å². The third-order valence-corrected chi connectivity index (χ3v) is 2.93. The Morgan fingerprint density at radius 2 is 2.06 bits per heavy atom. The Hall–Kier alpha value is -0.480. The molecule has 1 aromatic rings. The van der Waals surface area contributed by atoms with E-state index in [1.807, 2.05) is 0 Å². The van der Waals surface area contributed by atoms with Crippen LogP contribution in [0.2, 0.25) is 10.0 Å². The van der Waals surface area contributed by atoms with Gasteiger partial charge in [-0.05, 0) is 25.1 Å². The summed E-state index contributed by atoms with van der Waals surface area (Å²) < 4.78 is 5.42. The molecule has 90 valence electrons. The molecule has 1 rings (SSSR count). The second-order valence-electron chi connectivity index (χ2n) is 3.42. The first-order chi connectivity index (χ1) is 7.65. The van der Waals surface area contributed by atoms with E-state index >= 15 is 0 Å². The lowest BCUT2D eigenvalue weighted by molar-refractivity contribution is 0.133. The van der Waals surface area contributed by atoms with Gasteiger partial charge in [-0.15, -0.1) is 0 Å². The van der Waals surface area contributed by atoms with Crippen molar-refractivity contribution in [2.75, 3.05) is 13.2 Å². The lowest BCUT2D eigenvalue weighted by Gasteiger charge is -2.11. The van der Waals surface area contributed by atoms with Gasteiger partial charge < -0.3 is 15.6 Å². The van der Waals surface area contributed by atoms with E-state index in [-0.39, 0.29) is 0 Å². The fraction of sp³-hybridized carbons (Fsp3) is 0.455. The first kappa shape index (κ1) is 13.6. The van der Waals surface area contributed by atoms with Gasteiger partial charge in [-0.1, -0.05) is 29.3 Å². The Kier molecular flexibility index (Phi) is 5.91. The molecule has 0 radical (unpaired) electrons. The standard InChI is InChI=1S/C11H15Cl2NO2/c12-9-2-1-3-10(11(9)13)16-7-5-8(15)4-6-14/h1-3,8,15H,4-7,14H2. The molecular formula is C11H15Cl2NO2. The molecule has 1 atom stereocenters. The number of halogens is 2.